The molecule has 1 heterocycles. The largest absolute Gasteiger partial charge is 0.419 e. The highest BCUT2D eigenvalue weighted by Gasteiger charge is 2.17. The predicted octanol–water partition coefficient (Wildman–Crippen LogP) is 2.81. The number of benzene rings is 2. The molecule has 21 heavy (non-hydrogen) atoms. The number of hydrogen-bond donors (Lipinski definition) is 0. The topological polar surface area (TPSA) is 52.2 Å². The Balaban J connectivity index is 2.14. The molecule has 2 aromatic carbocycles. The summed E-state index contributed by atoms with van der Waals surface area (Å²) in [6.45, 7) is 1.60. The van der Waals surface area contributed by atoms with Crippen molar-refractivity contribution < 1.29 is 13.6 Å². The molecule has 106 valence electrons. The minimum atomic E-state index is -0.530. The van der Waals surface area contributed by atoms with Crippen LogP contribution in [0, 0.1) is 12.7 Å². The van der Waals surface area contributed by atoms with E-state index in [-0.39, 0.29) is 11.1 Å². The first-order chi connectivity index (χ1) is 9.99. The van der Waals surface area contributed by atoms with Crippen molar-refractivity contribution in [2.45, 2.75) is 6.92 Å². The van der Waals surface area contributed by atoms with Gasteiger partial charge in [-0.3, -0.25) is 9.36 Å². The first kappa shape index (κ1) is 13.3. The van der Waals surface area contributed by atoms with E-state index in [1.165, 1.54) is 16.7 Å². The maximum absolute atomic E-state index is 14.0. The number of oxazole rings is 1. The van der Waals surface area contributed by atoms with E-state index in [1.807, 2.05) is 0 Å². The van der Waals surface area contributed by atoms with Gasteiger partial charge in [-0.25, -0.2) is 9.18 Å². The quantitative estimate of drug-likeness (QED) is 0.680. The molecule has 0 aliphatic heterocycles. The summed E-state index contributed by atoms with van der Waals surface area (Å²) >= 11 is 0. The van der Waals surface area contributed by atoms with Gasteiger partial charge in [-0.15, -0.1) is 0 Å². The van der Waals surface area contributed by atoms with Crippen LogP contribution in [0.15, 0.2) is 45.6 Å². The van der Waals surface area contributed by atoms with Gasteiger partial charge in [0.25, 0.3) is 0 Å². The molecular formula is C16H12FNO3. The second kappa shape index (κ2) is 4.70. The number of carbonyl (C=O) groups excluding carboxylic acids is 1. The van der Waals surface area contributed by atoms with Gasteiger partial charge in [0.2, 0.25) is 0 Å². The number of aromatic nitrogens is 1. The molecule has 0 saturated heterocycles. The molecule has 0 radical (unpaired) electrons. The van der Waals surface area contributed by atoms with Crippen LogP contribution in [0.4, 0.5) is 4.39 Å². The first-order valence-electron chi connectivity index (χ1n) is 6.38. The van der Waals surface area contributed by atoms with Crippen LogP contribution in [0.3, 0.4) is 0 Å². The predicted molar refractivity (Wildman–Crippen MR) is 76.0 cm³/mol. The zero-order valence-corrected chi connectivity index (χ0v) is 11.5. The molecule has 1 aromatic heterocycles. The van der Waals surface area contributed by atoms with Crippen LogP contribution >= 0.6 is 0 Å². The molecule has 0 aliphatic rings. The van der Waals surface area contributed by atoms with E-state index in [4.69, 9.17) is 4.42 Å². The highest BCUT2D eigenvalue weighted by atomic mass is 19.1. The van der Waals surface area contributed by atoms with Crippen molar-refractivity contribution in [3.63, 3.8) is 0 Å². The fourth-order valence-electron chi connectivity index (χ4n) is 2.25. The molecule has 0 unspecified atom stereocenters. The van der Waals surface area contributed by atoms with Gasteiger partial charge in [0.15, 0.2) is 11.4 Å². The summed E-state index contributed by atoms with van der Waals surface area (Å²) in [6, 6.07) is 9.30. The zero-order valence-electron chi connectivity index (χ0n) is 11.5. The SMILES string of the molecule is Cc1cccc(C(=O)c2ccc3c(c2)oc(=O)n3C)c1F. The second-order valence-electron chi connectivity index (χ2n) is 4.88. The molecule has 0 fully saturated rings. The van der Waals surface area contributed by atoms with Gasteiger partial charge in [0.1, 0.15) is 5.82 Å². The van der Waals surface area contributed by atoms with Crippen molar-refractivity contribution in [3.8, 4) is 0 Å². The van der Waals surface area contributed by atoms with Crippen LogP contribution in [-0.4, -0.2) is 10.4 Å². The van der Waals surface area contributed by atoms with Crippen LogP contribution in [-0.2, 0) is 7.05 Å². The van der Waals surface area contributed by atoms with Crippen molar-refractivity contribution in [1.29, 1.82) is 0 Å². The highest BCUT2D eigenvalue weighted by molar-refractivity contribution is 6.10. The summed E-state index contributed by atoms with van der Waals surface area (Å²) in [7, 11) is 1.58. The van der Waals surface area contributed by atoms with E-state index in [9.17, 15) is 14.0 Å². The highest BCUT2D eigenvalue weighted by Crippen LogP contribution is 2.20. The Labute approximate surface area is 119 Å². The summed E-state index contributed by atoms with van der Waals surface area (Å²) in [5.74, 6) is -1.47. The lowest BCUT2D eigenvalue weighted by molar-refractivity contribution is 0.103. The van der Waals surface area contributed by atoms with Gasteiger partial charge in [-0.2, -0.15) is 0 Å². The van der Waals surface area contributed by atoms with Crippen LogP contribution in [0.25, 0.3) is 11.1 Å². The molecule has 0 N–H and O–H groups in total. The van der Waals surface area contributed by atoms with E-state index in [2.05, 4.69) is 0 Å². The third-order valence-electron chi connectivity index (χ3n) is 3.49. The average molecular weight is 285 g/mol. The van der Waals surface area contributed by atoms with Crippen molar-refractivity contribution in [2.75, 3.05) is 0 Å². The third-order valence-corrected chi connectivity index (χ3v) is 3.49. The van der Waals surface area contributed by atoms with E-state index in [0.717, 1.165) is 0 Å². The number of rotatable bonds is 2. The van der Waals surface area contributed by atoms with E-state index >= 15 is 0 Å². The van der Waals surface area contributed by atoms with Crippen LogP contribution in [0.2, 0.25) is 0 Å². The average Bonchev–Trinajstić information content (AvgIpc) is 2.76. The van der Waals surface area contributed by atoms with Gasteiger partial charge in [-0.05, 0) is 36.8 Å². The molecule has 0 atom stereocenters. The molecule has 3 rings (SSSR count). The summed E-state index contributed by atoms with van der Waals surface area (Å²) in [6.07, 6.45) is 0. The van der Waals surface area contributed by atoms with Gasteiger partial charge < -0.3 is 4.42 Å². The van der Waals surface area contributed by atoms with E-state index in [1.54, 1.807) is 38.2 Å². The maximum atomic E-state index is 14.0. The number of aryl methyl sites for hydroxylation is 2. The minimum Gasteiger partial charge on any atom is -0.408 e. The Morgan fingerprint density at radius 2 is 2.00 bits per heavy atom. The van der Waals surface area contributed by atoms with Crippen molar-refractivity contribution in [1.82, 2.24) is 4.57 Å². The fourth-order valence-corrected chi connectivity index (χ4v) is 2.25. The Morgan fingerprint density at radius 1 is 1.24 bits per heavy atom. The maximum Gasteiger partial charge on any atom is 0.419 e. The number of hydrogen-bond acceptors (Lipinski definition) is 3. The Bertz CT molecular complexity index is 921. The van der Waals surface area contributed by atoms with Crippen molar-refractivity contribution in [2.24, 2.45) is 7.05 Å². The Morgan fingerprint density at radius 3 is 2.76 bits per heavy atom. The summed E-state index contributed by atoms with van der Waals surface area (Å²) < 4.78 is 20.4. The summed E-state index contributed by atoms with van der Waals surface area (Å²) in [5, 5.41) is 0. The standard InChI is InChI=1S/C16H12FNO3/c1-9-4-3-5-11(14(9)17)15(19)10-6-7-12-13(8-10)21-16(20)18(12)2/h3-8H,1-2H3. The Kier molecular flexibility index (Phi) is 2.97. The number of carbonyl (C=O) groups is 1. The first-order valence-corrected chi connectivity index (χ1v) is 6.38. The molecule has 0 spiro atoms. The van der Waals surface area contributed by atoms with Gasteiger partial charge >= 0.3 is 5.76 Å². The molecule has 5 heteroatoms. The lowest BCUT2D eigenvalue weighted by Gasteiger charge is -2.05. The summed E-state index contributed by atoms with van der Waals surface area (Å²) in [5.41, 5.74) is 1.59. The molecule has 0 amide bonds. The number of ketones is 1. The van der Waals surface area contributed by atoms with E-state index in [0.29, 0.717) is 16.7 Å². The van der Waals surface area contributed by atoms with Crippen molar-refractivity contribution in [3.05, 3.63) is 69.5 Å². The number of nitrogens with zero attached hydrogens (tertiary/aromatic N) is 1. The summed E-state index contributed by atoms with van der Waals surface area (Å²) in [4.78, 5) is 23.8. The molecule has 0 bridgehead atoms. The van der Waals surface area contributed by atoms with E-state index < -0.39 is 17.4 Å². The molecule has 3 aromatic rings. The monoisotopic (exact) mass is 285 g/mol. The molecular weight excluding hydrogens is 273 g/mol. The van der Waals surface area contributed by atoms with Gasteiger partial charge in [0.05, 0.1) is 11.1 Å². The minimum absolute atomic E-state index is 0.00706. The lowest BCUT2D eigenvalue weighted by Crippen LogP contribution is -2.08. The zero-order chi connectivity index (χ0) is 15.1. The Hall–Kier alpha value is -2.69. The molecule has 4 nitrogen and oxygen atoms in total. The fraction of sp³-hybridized carbons (Fsp3) is 0.125. The van der Waals surface area contributed by atoms with Crippen LogP contribution in [0.5, 0.6) is 0 Å². The number of halogens is 1. The number of fused-ring (bicyclic) bond motifs is 1. The van der Waals surface area contributed by atoms with Gasteiger partial charge in [0, 0.05) is 12.6 Å². The third kappa shape index (κ3) is 2.07. The smallest absolute Gasteiger partial charge is 0.408 e. The molecule has 0 saturated carbocycles. The van der Waals surface area contributed by atoms with Crippen LogP contribution < -0.4 is 5.76 Å². The van der Waals surface area contributed by atoms with Crippen LogP contribution in [0.1, 0.15) is 21.5 Å². The molecule has 0 aliphatic carbocycles. The lowest BCUT2D eigenvalue weighted by atomic mass is 10.0. The second-order valence-corrected chi connectivity index (χ2v) is 4.88. The van der Waals surface area contributed by atoms with Crippen molar-refractivity contribution >= 4 is 16.9 Å². The van der Waals surface area contributed by atoms with Gasteiger partial charge in [-0.1, -0.05) is 12.1 Å². The normalized spacial score (nSPS) is 11.0.